The number of alkyl halides is 1. The zero-order valence-corrected chi connectivity index (χ0v) is 11.9. The fourth-order valence-corrected chi connectivity index (χ4v) is 3.25. The van der Waals surface area contributed by atoms with Crippen molar-refractivity contribution >= 4 is 38.9 Å². The Balaban J connectivity index is 2.13. The van der Waals surface area contributed by atoms with Crippen LogP contribution in [-0.2, 0) is 6.42 Å². The van der Waals surface area contributed by atoms with Crippen molar-refractivity contribution in [2.75, 3.05) is 0 Å². The van der Waals surface area contributed by atoms with E-state index in [-0.39, 0.29) is 5.38 Å². The number of nitrogens with zero attached hydrogens (tertiary/aromatic N) is 1. The molecular weight excluding hydrogens is 306 g/mol. The summed E-state index contributed by atoms with van der Waals surface area (Å²) in [6.07, 6.45) is 2.59. The van der Waals surface area contributed by atoms with Crippen LogP contribution in [0.15, 0.2) is 34.2 Å². The lowest BCUT2D eigenvalue weighted by molar-refractivity contribution is 0.884. The molecule has 0 saturated heterocycles. The van der Waals surface area contributed by atoms with Gasteiger partial charge in [0.2, 0.25) is 0 Å². The number of aryl methyl sites for hydroxylation is 1. The van der Waals surface area contributed by atoms with Crippen LogP contribution in [0.4, 0.5) is 0 Å². The molecule has 0 fully saturated rings. The van der Waals surface area contributed by atoms with Crippen molar-refractivity contribution in [2.45, 2.75) is 18.7 Å². The molecule has 2 rings (SSSR count). The molecule has 0 amide bonds. The minimum absolute atomic E-state index is 0.00454. The maximum absolute atomic E-state index is 6.38. The van der Waals surface area contributed by atoms with E-state index >= 15 is 0 Å². The Morgan fingerprint density at radius 3 is 2.88 bits per heavy atom. The molecule has 0 spiro atoms. The monoisotopic (exact) mass is 315 g/mol. The second kappa shape index (κ2) is 5.30. The van der Waals surface area contributed by atoms with E-state index < -0.39 is 0 Å². The molecule has 2 heterocycles. The van der Waals surface area contributed by atoms with Gasteiger partial charge in [-0.2, -0.15) is 0 Å². The van der Waals surface area contributed by atoms with Crippen LogP contribution in [0.2, 0.25) is 0 Å². The minimum atomic E-state index is 0.00454. The lowest BCUT2D eigenvalue weighted by Crippen LogP contribution is -1.98. The highest BCUT2D eigenvalue weighted by molar-refractivity contribution is 9.11. The molecule has 2 aromatic heterocycles. The van der Waals surface area contributed by atoms with Crippen molar-refractivity contribution in [1.29, 1.82) is 0 Å². The summed E-state index contributed by atoms with van der Waals surface area (Å²) in [5, 5.41) is 0.00454. The number of rotatable bonds is 3. The summed E-state index contributed by atoms with van der Waals surface area (Å²) in [6.45, 7) is 2.07. The fraction of sp³-hybridized carbons (Fsp3) is 0.250. The molecular formula is C12H11BrClNS. The first-order valence-electron chi connectivity index (χ1n) is 4.96. The molecule has 0 bridgehead atoms. The van der Waals surface area contributed by atoms with Gasteiger partial charge in [-0.25, -0.2) is 0 Å². The van der Waals surface area contributed by atoms with Gasteiger partial charge in [0, 0.05) is 23.2 Å². The van der Waals surface area contributed by atoms with Gasteiger partial charge in [-0.3, -0.25) is 4.98 Å². The van der Waals surface area contributed by atoms with E-state index in [0.717, 1.165) is 15.9 Å². The largest absolute Gasteiger partial charge is 0.261 e. The second-order valence-corrected chi connectivity index (χ2v) is 6.60. The molecule has 1 unspecified atom stereocenters. The standard InChI is InChI=1S/C12H11BrClNS/c1-8-3-2-6-15-10(8)7-9(14)11-4-5-12(13)16-11/h2-6,9H,7H2,1H3. The van der Waals surface area contributed by atoms with Gasteiger partial charge in [0.15, 0.2) is 0 Å². The Morgan fingerprint density at radius 2 is 2.25 bits per heavy atom. The molecule has 0 saturated carbocycles. The molecule has 1 nitrogen and oxygen atoms in total. The van der Waals surface area contributed by atoms with Gasteiger partial charge >= 0.3 is 0 Å². The Kier molecular flexibility index (Phi) is 4.00. The van der Waals surface area contributed by atoms with Crippen molar-refractivity contribution in [1.82, 2.24) is 4.98 Å². The molecule has 0 aliphatic heterocycles. The van der Waals surface area contributed by atoms with E-state index in [0.29, 0.717) is 0 Å². The van der Waals surface area contributed by atoms with Crippen molar-refractivity contribution in [2.24, 2.45) is 0 Å². The van der Waals surface area contributed by atoms with Crippen LogP contribution in [0.3, 0.4) is 0 Å². The Bertz CT molecular complexity index is 483. The average Bonchev–Trinajstić information content (AvgIpc) is 2.68. The summed E-state index contributed by atoms with van der Waals surface area (Å²) in [4.78, 5) is 5.54. The smallest absolute Gasteiger partial charge is 0.0734 e. The van der Waals surface area contributed by atoms with Crippen LogP contribution >= 0.6 is 38.9 Å². The SMILES string of the molecule is Cc1cccnc1CC(Cl)c1ccc(Br)s1. The van der Waals surface area contributed by atoms with Gasteiger partial charge in [0.05, 0.1) is 9.16 Å². The van der Waals surface area contributed by atoms with Gasteiger partial charge in [0.25, 0.3) is 0 Å². The maximum atomic E-state index is 6.38. The van der Waals surface area contributed by atoms with Crippen molar-refractivity contribution in [3.63, 3.8) is 0 Å². The zero-order chi connectivity index (χ0) is 11.5. The summed E-state index contributed by atoms with van der Waals surface area (Å²) < 4.78 is 1.12. The number of halogens is 2. The Labute approximate surface area is 113 Å². The fourth-order valence-electron chi connectivity index (χ4n) is 1.50. The summed E-state index contributed by atoms with van der Waals surface area (Å²) in [5.74, 6) is 0. The molecule has 0 N–H and O–H groups in total. The van der Waals surface area contributed by atoms with Crippen LogP contribution in [0.25, 0.3) is 0 Å². The topological polar surface area (TPSA) is 12.9 Å². The summed E-state index contributed by atoms with van der Waals surface area (Å²) in [6, 6.07) is 8.10. The third-order valence-corrected chi connectivity index (χ3v) is 4.65. The molecule has 1 atom stereocenters. The molecule has 16 heavy (non-hydrogen) atoms. The molecule has 0 aromatic carbocycles. The highest BCUT2D eigenvalue weighted by atomic mass is 79.9. The predicted molar refractivity (Wildman–Crippen MR) is 73.3 cm³/mol. The van der Waals surface area contributed by atoms with Gasteiger partial charge in [0.1, 0.15) is 0 Å². The van der Waals surface area contributed by atoms with Gasteiger partial charge in [-0.1, -0.05) is 6.07 Å². The lowest BCUT2D eigenvalue weighted by atomic mass is 10.1. The van der Waals surface area contributed by atoms with Crippen LogP contribution in [0.5, 0.6) is 0 Å². The van der Waals surface area contributed by atoms with Crippen molar-refractivity contribution in [3.05, 3.63) is 50.4 Å². The van der Waals surface area contributed by atoms with E-state index in [9.17, 15) is 0 Å². The third kappa shape index (κ3) is 2.84. The van der Waals surface area contributed by atoms with Gasteiger partial charge < -0.3 is 0 Å². The first-order chi connectivity index (χ1) is 7.66. The normalized spacial score (nSPS) is 12.7. The van der Waals surface area contributed by atoms with Gasteiger partial charge in [-0.15, -0.1) is 22.9 Å². The average molecular weight is 317 g/mol. The summed E-state index contributed by atoms with van der Waals surface area (Å²) in [7, 11) is 0. The third-order valence-electron chi connectivity index (χ3n) is 2.39. The quantitative estimate of drug-likeness (QED) is 0.746. The molecule has 84 valence electrons. The van der Waals surface area contributed by atoms with E-state index in [4.69, 9.17) is 11.6 Å². The van der Waals surface area contributed by atoms with Crippen LogP contribution in [0.1, 0.15) is 21.5 Å². The maximum Gasteiger partial charge on any atom is 0.0734 e. The predicted octanol–water partition coefficient (Wildman–Crippen LogP) is 4.74. The van der Waals surface area contributed by atoms with E-state index in [1.807, 2.05) is 18.3 Å². The first-order valence-corrected chi connectivity index (χ1v) is 7.01. The van der Waals surface area contributed by atoms with Crippen LogP contribution in [0, 0.1) is 6.92 Å². The molecule has 0 radical (unpaired) electrons. The van der Waals surface area contributed by atoms with Crippen LogP contribution in [-0.4, -0.2) is 4.98 Å². The summed E-state index contributed by atoms with van der Waals surface area (Å²) >= 11 is 11.5. The number of pyridine rings is 1. The zero-order valence-electron chi connectivity index (χ0n) is 8.78. The minimum Gasteiger partial charge on any atom is -0.261 e. The highest BCUT2D eigenvalue weighted by Crippen LogP contribution is 2.33. The van der Waals surface area contributed by atoms with Crippen molar-refractivity contribution < 1.29 is 0 Å². The first kappa shape index (κ1) is 12.1. The number of hydrogen-bond acceptors (Lipinski definition) is 2. The molecule has 4 heteroatoms. The van der Waals surface area contributed by atoms with E-state index in [1.54, 1.807) is 11.3 Å². The van der Waals surface area contributed by atoms with Crippen molar-refractivity contribution in [3.8, 4) is 0 Å². The Morgan fingerprint density at radius 1 is 1.44 bits per heavy atom. The lowest BCUT2D eigenvalue weighted by Gasteiger charge is -2.08. The summed E-state index contributed by atoms with van der Waals surface area (Å²) in [5.41, 5.74) is 2.27. The van der Waals surface area contributed by atoms with E-state index in [1.165, 1.54) is 10.4 Å². The Hall–Kier alpha value is -0.380. The second-order valence-electron chi connectivity index (χ2n) is 3.58. The van der Waals surface area contributed by atoms with E-state index in [2.05, 4.69) is 40.0 Å². The molecule has 0 aliphatic carbocycles. The molecule has 0 aliphatic rings. The number of hydrogen-bond donors (Lipinski definition) is 0. The van der Waals surface area contributed by atoms with Crippen LogP contribution < -0.4 is 0 Å². The number of aromatic nitrogens is 1. The molecule has 2 aromatic rings. The highest BCUT2D eigenvalue weighted by Gasteiger charge is 2.13. The number of thiophene rings is 1. The van der Waals surface area contributed by atoms with Gasteiger partial charge in [-0.05, 0) is 46.6 Å².